The highest BCUT2D eigenvalue weighted by atomic mass is 19.1. The maximum absolute atomic E-state index is 13.5. The standard InChI is InChI=1S/C21H20FN3O2/c1-25-12-18(17-10-15(27-2)4-6-20(17)25)21(26)23-8-7-13-11-24-19-5-3-14(22)9-16(13)19/h3-6,9-12,24H,7-8H2,1-2H3,(H,23,26). The number of aryl methyl sites for hydroxylation is 1. The highest BCUT2D eigenvalue weighted by Crippen LogP contribution is 2.25. The van der Waals surface area contributed by atoms with Gasteiger partial charge in [0.1, 0.15) is 11.6 Å². The average molecular weight is 365 g/mol. The molecular formula is C21H20FN3O2. The van der Waals surface area contributed by atoms with E-state index in [2.05, 4.69) is 10.3 Å². The lowest BCUT2D eigenvalue weighted by Crippen LogP contribution is -2.25. The lowest BCUT2D eigenvalue weighted by atomic mass is 10.1. The molecule has 1 amide bonds. The van der Waals surface area contributed by atoms with Gasteiger partial charge in [-0.25, -0.2) is 4.39 Å². The zero-order chi connectivity index (χ0) is 19.0. The largest absolute Gasteiger partial charge is 0.497 e. The van der Waals surface area contributed by atoms with Crippen LogP contribution in [0, 0.1) is 5.82 Å². The summed E-state index contributed by atoms with van der Waals surface area (Å²) >= 11 is 0. The Kier molecular flexibility index (Phi) is 4.32. The third kappa shape index (κ3) is 3.14. The maximum atomic E-state index is 13.5. The topological polar surface area (TPSA) is 59.0 Å². The smallest absolute Gasteiger partial charge is 0.253 e. The van der Waals surface area contributed by atoms with E-state index in [0.717, 1.165) is 27.4 Å². The van der Waals surface area contributed by atoms with Crippen molar-refractivity contribution < 1.29 is 13.9 Å². The summed E-state index contributed by atoms with van der Waals surface area (Å²) in [6.07, 6.45) is 4.29. The van der Waals surface area contributed by atoms with E-state index >= 15 is 0 Å². The maximum Gasteiger partial charge on any atom is 0.253 e. The van der Waals surface area contributed by atoms with Crippen molar-refractivity contribution in [1.29, 1.82) is 0 Å². The first kappa shape index (κ1) is 17.1. The third-order valence-corrected chi connectivity index (χ3v) is 4.85. The van der Waals surface area contributed by atoms with Crippen molar-refractivity contribution in [2.45, 2.75) is 6.42 Å². The fraction of sp³-hybridized carbons (Fsp3) is 0.190. The number of amides is 1. The minimum absolute atomic E-state index is 0.139. The summed E-state index contributed by atoms with van der Waals surface area (Å²) in [5, 5.41) is 4.66. The number of aromatic nitrogens is 2. The number of benzene rings is 2. The summed E-state index contributed by atoms with van der Waals surface area (Å²) in [4.78, 5) is 15.8. The van der Waals surface area contributed by atoms with Gasteiger partial charge in [-0.2, -0.15) is 0 Å². The molecule has 6 heteroatoms. The molecule has 0 fully saturated rings. The fourth-order valence-corrected chi connectivity index (χ4v) is 3.44. The number of hydrogen-bond acceptors (Lipinski definition) is 2. The van der Waals surface area contributed by atoms with E-state index in [1.807, 2.05) is 42.2 Å². The zero-order valence-electron chi connectivity index (χ0n) is 15.2. The molecule has 0 aliphatic carbocycles. The fourth-order valence-electron chi connectivity index (χ4n) is 3.44. The van der Waals surface area contributed by atoms with E-state index in [-0.39, 0.29) is 11.7 Å². The Labute approximate surface area is 155 Å². The summed E-state index contributed by atoms with van der Waals surface area (Å²) in [7, 11) is 3.51. The number of hydrogen-bond donors (Lipinski definition) is 2. The monoisotopic (exact) mass is 365 g/mol. The Balaban J connectivity index is 1.51. The Morgan fingerprint density at radius 1 is 1.22 bits per heavy atom. The molecule has 0 aliphatic rings. The van der Waals surface area contributed by atoms with Gasteiger partial charge >= 0.3 is 0 Å². The van der Waals surface area contributed by atoms with Crippen LogP contribution in [0.1, 0.15) is 15.9 Å². The molecule has 138 valence electrons. The SMILES string of the molecule is COc1ccc2c(c1)c(C(=O)NCCc1c[nH]c3ccc(F)cc13)cn2C. The van der Waals surface area contributed by atoms with Crippen LogP contribution >= 0.6 is 0 Å². The quantitative estimate of drug-likeness (QED) is 0.565. The molecule has 0 saturated carbocycles. The lowest BCUT2D eigenvalue weighted by molar-refractivity contribution is 0.0955. The second kappa shape index (κ2) is 6.79. The van der Waals surface area contributed by atoms with Gasteiger partial charge in [0.15, 0.2) is 0 Å². The van der Waals surface area contributed by atoms with Gasteiger partial charge in [-0.15, -0.1) is 0 Å². The van der Waals surface area contributed by atoms with Crippen molar-refractivity contribution in [3.05, 3.63) is 65.7 Å². The minimum Gasteiger partial charge on any atom is -0.497 e. The number of halogens is 1. The van der Waals surface area contributed by atoms with Gasteiger partial charge in [-0.3, -0.25) is 4.79 Å². The Bertz CT molecular complexity index is 1140. The van der Waals surface area contributed by atoms with E-state index in [1.54, 1.807) is 13.2 Å². The lowest BCUT2D eigenvalue weighted by Gasteiger charge is -2.05. The molecule has 0 aliphatic heterocycles. The molecule has 0 unspecified atom stereocenters. The number of nitrogens with one attached hydrogen (secondary N) is 2. The van der Waals surface area contributed by atoms with Crippen molar-refractivity contribution in [2.24, 2.45) is 7.05 Å². The minimum atomic E-state index is -0.267. The van der Waals surface area contributed by atoms with Crippen LogP contribution in [0.5, 0.6) is 5.75 Å². The van der Waals surface area contributed by atoms with Crippen molar-refractivity contribution in [3.63, 3.8) is 0 Å². The van der Waals surface area contributed by atoms with Gasteiger partial charge in [0.25, 0.3) is 5.91 Å². The molecule has 27 heavy (non-hydrogen) atoms. The van der Waals surface area contributed by atoms with Gasteiger partial charge in [0, 0.05) is 47.8 Å². The first-order chi connectivity index (χ1) is 13.1. The summed E-state index contributed by atoms with van der Waals surface area (Å²) in [6.45, 7) is 0.461. The molecule has 2 aromatic heterocycles. The molecule has 4 rings (SSSR count). The van der Waals surface area contributed by atoms with Crippen LogP contribution in [0.25, 0.3) is 21.8 Å². The number of aromatic amines is 1. The van der Waals surface area contributed by atoms with Gasteiger partial charge in [0.05, 0.1) is 12.7 Å². The second-order valence-corrected chi connectivity index (χ2v) is 6.55. The number of H-pyrrole nitrogens is 1. The molecular weight excluding hydrogens is 345 g/mol. The van der Waals surface area contributed by atoms with Crippen molar-refractivity contribution >= 4 is 27.7 Å². The second-order valence-electron chi connectivity index (χ2n) is 6.55. The molecule has 2 N–H and O–H groups in total. The number of methoxy groups -OCH3 is 1. The highest BCUT2D eigenvalue weighted by molar-refractivity contribution is 6.07. The van der Waals surface area contributed by atoms with Crippen LogP contribution in [-0.4, -0.2) is 29.1 Å². The van der Waals surface area contributed by atoms with E-state index in [4.69, 9.17) is 4.74 Å². The van der Waals surface area contributed by atoms with Crippen LogP contribution < -0.4 is 10.1 Å². The number of carbonyl (C=O) groups is 1. The highest BCUT2D eigenvalue weighted by Gasteiger charge is 2.15. The molecule has 0 spiro atoms. The third-order valence-electron chi connectivity index (χ3n) is 4.85. The Hall–Kier alpha value is -3.28. The van der Waals surface area contributed by atoms with Crippen molar-refractivity contribution in [3.8, 4) is 5.75 Å². The van der Waals surface area contributed by atoms with Gasteiger partial charge in [-0.05, 0) is 48.4 Å². The zero-order valence-corrected chi connectivity index (χ0v) is 15.2. The molecule has 0 saturated heterocycles. The normalized spacial score (nSPS) is 11.2. The molecule has 2 aromatic carbocycles. The van der Waals surface area contributed by atoms with Crippen LogP contribution in [0.2, 0.25) is 0 Å². The Morgan fingerprint density at radius 2 is 2.07 bits per heavy atom. The molecule has 2 heterocycles. The molecule has 4 aromatic rings. The predicted octanol–water partition coefficient (Wildman–Crippen LogP) is 3.78. The number of rotatable bonds is 5. The van der Waals surface area contributed by atoms with Gasteiger partial charge < -0.3 is 19.6 Å². The summed E-state index contributed by atoms with van der Waals surface area (Å²) in [5.74, 6) is 0.306. The van der Waals surface area contributed by atoms with E-state index in [0.29, 0.717) is 24.3 Å². The number of nitrogens with zero attached hydrogens (tertiary/aromatic N) is 1. The van der Waals surface area contributed by atoms with Crippen LogP contribution in [-0.2, 0) is 13.5 Å². The molecule has 5 nitrogen and oxygen atoms in total. The summed E-state index contributed by atoms with van der Waals surface area (Å²) < 4.78 is 20.7. The molecule has 0 radical (unpaired) electrons. The average Bonchev–Trinajstić information content (AvgIpc) is 3.22. The van der Waals surface area contributed by atoms with E-state index in [1.165, 1.54) is 12.1 Å². The van der Waals surface area contributed by atoms with E-state index < -0.39 is 0 Å². The number of carbonyl (C=O) groups excluding carboxylic acids is 1. The first-order valence-electron chi connectivity index (χ1n) is 8.73. The summed E-state index contributed by atoms with van der Waals surface area (Å²) in [6, 6.07) is 10.3. The predicted molar refractivity (Wildman–Crippen MR) is 104 cm³/mol. The summed E-state index contributed by atoms with van der Waals surface area (Å²) in [5.41, 5.74) is 3.44. The van der Waals surface area contributed by atoms with Gasteiger partial charge in [-0.1, -0.05) is 0 Å². The first-order valence-corrected chi connectivity index (χ1v) is 8.73. The molecule has 0 bridgehead atoms. The molecule has 0 atom stereocenters. The van der Waals surface area contributed by atoms with Crippen LogP contribution in [0.15, 0.2) is 48.8 Å². The number of ether oxygens (including phenoxy) is 1. The van der Waals surface area contributed by atoms with Gasteiger partial charge in [0.2, 0.25) is 0 Å². The van der Waals surface area contributed by atoms with Crippen molar-refractivity contribution in [1.82, 2.24) is 14.9 Å². The Morgan fingerprint density at radius 3 is 2.89 bits per heavy atom. The van der Waals surface area contributed by atoms with E-state index in [9.17, 15) is 9.18 Å². The van der Waals surface area contributed by atoms with Crippen molar-refractivity contribution in [2.75, 3.05) is 13.7 Å². The number of fused-ring (bicyclic) bond motifs is 2. The van der Waals surface area contributed by atoms with Crippen LogP contribution in [0.3, 0.4) is 0 Å². The van der Waals surface area contributed by atoms with Crippen LogP contribution in [0.4, 0.5) is 4.39 Å².